The van der Waals surface area contributed by atoms with Gasteiger partial charge in [0, 0.05) is 16.1 Å². The highest BCUT2D eigenvalue weighted by atomic mass is 35.5. The van der Waals surface area contributed by atoms with Gasteiger partial charge in [0.05, 0.1) is 12.8 Å². The zero-order chi connectivity index (χ0) is 27.8. The lowest BCUT2D eigenvalue weighted by atomic mass is 10.0. The van der Waals surface area contributed by atoms with Crippen molar-refractivity contribution in [2.24, 2.45) is 11.0 Å². The number of nitrogens with zero attached hydrogens (tertiary/aromatic N) is 1. The Kier molecular flexibility index (Phi) is 9.27. The first-order chi connectivity index (χ1) is 18.9. The lowest BCUT2D eigenvalue weighted by Crippen LogP contribution is -2.48. The van der Waals surface area contributed by atoms with Gasteiger partial charge in [-0.05, 0) is 60.9 Å². The number of ether oxygens (including phenoxy) is 4. The number of fused-ring (bicyclic) bond motifs is 1. The van der Waals surface area contributed by atoms with Gasteiger partial charge in [-0.25, -0.2) is 5.43 Å². The second kappa shape index (κ2) is 13.0. The number of rotatable bonds is 11. The molecule has 10 heteroatoms. The third kappa shape index (κ3) is 7.20. The van der Waals surface area contributed by atoms with E-state index in [1.54, 1.807) is 36.4 Å². The van der Waals surface area contributed by atoms with E-state index in [4.69, 9.17) is 30.5 Å². The maximum Gasteiger partial charge on any atom is 0.262 e. The van der Waals surface area contributed by atoms with Crippen molar-refractivity contribution < 1.29 is 28.5 Å². The van der Waals surface area contributed by atoms with Gasteiger partial charge >= 0.3 is 0 Å². The average molecular weight is 552 g/mol. The largest absolute Gasteiger partial charge is 0.490 e. The summed E-state index contributed by atoms with van der Waals surface area (Å²) in [6.07, 6.45) is 1.50. The van der Waals surface area contributed by atoms with Gasteiger partial charge < -0.3 is 24.3 Å². The summed E-state index contributed by atoms with van der Waals surface area (Å²) < 4.78 is 22.3. The molecule has 204 valence electrons. The molecule has 9 nitrogen and oxygen atoms in total. The van der Waals surface area contributed by atoms with Crippen LogP contribution in [0.3, 0.4) is 0 Å². The second-order valence-corrected chi connectivity index (χ2v) is 9.42. The van der Waals surface area contributed by atoms with Crippen molar-refractivity contribution in [1.82, 2.24) is 10.7 Å². The van der Waals surface area contributed by atoms with Crippen LogP contribution in [0.2, 0.25) is 5.02 Å². The molecule has 4 rings (SSSR count). The minimum absolute atomic E-state index is 0.111. The molecule has 1 aliphatic heterocycles. The average Bonchev–Trinajstić information content (AvgIpc) is 3.40. The van der Waals surface area contributed by atoms with Gasteiger partial charge in [-0.2, -0.15) is 5.10 Å². The van der Waals surface area contributed by atoms with Crippen LogP contribution in [0.5, 0.6) is 23.0 Å². The molecule has 2 amide bonds. The molecule has 1 heterocycles. The van der Waals surface area contributed by atoms with E-state index in [1.807, 2.05) is 45.0 Å². The fraction of sp³-hybridized carbons (Fsp3) is 0.276. The standard InChI is InChI=1S/C29H30ClN3O6/c1-4-36-25-13-19(9-11-23(25)37-16-21-7-5-6-8-22(21)30)15-31-33-29(35)27(18(2)3)32-28(34)20-10-12-24-26(14-20)39-17-38-24/h5-15,18,27H,4,16-17H2,1-3H3,(H,32,34)(H,33,35)/b31-15+. The Balaban J connectivity index is 1.38. The van der Waals surface area contributed by atoms with Crippen molar-refractivity contribution in [1.29, 1.82) is 0 Å². The molecule has 3 aromatic carbocycles. The summed E-state index contributed by atoms with van der Waals surface area (Å²) in [6, 6.07) is 16.9. The minimum Gasteiger partial charge on any atom is -0.490 e. The predicted octanol–water partition coefficient (Wildman–Crippen LogP) is 4.95. The smallest absolute Gasteiger partial charge is 0.262 e. The summed E-state index contributed by atoms with van der Waals surface area (Å²) in [7, 11) is 0. The highest BCUT2D eigenvalue weighted by molar-refractivity contribution is 6.31. The van der Waals surface area contributed by atoms with E-state index in [0.717, 1.165) is 5.56 Å². The van der Waals surface area contributed by atoms with Crippen molar-refractivity contribution in [2.45, 2.75) is 33.4 Å². The molecule has 2 N–H and O–H groups in total. The molecule has 0 spiro atoms. The van der Waals surface area contributed by atoms with Gasteiger partial charge in [-0.1, -0.05) is 43.6 Å². The van der Waals surface area contributed by atoms with Crippen LogP contribution >= 0.6 is 11.6 Å². The Bertz CT molecular complexity index is 1360. The molecule has 1 aliphatic rings. The van der Waals surface area contributed by atoms with Crippen molar-refractivity contribution in [2.75, 3.05) is 13.4 Å². The van der Waals surface area contributed by atoms with E-state index in [0.29, 0.717) is 45.8 Å². The van der Waals surface area contributed by atoms with E-state index >= 15 is 0 Å². The third-order valence-electron chi connectivity index (χ3n) is 5.87. The Morgan fingerprint density at radius 1 is 1.03 bits per heavy atom. The molecule has 0 aromatic heterocycles. The van der Waals surface area contributed by atoms with Crippen molar-refractivity contribution >= 4 is 29.6 Å². The lowest BCUT2D eigenvalue weighted by molar-refractivity contribution is -0.123. The summed E-state index contributed by atoms with van der Waals surface area (Å²) >= 11 is 6.22. The number of hydrazone groups is 1. The Morgan fingerprint density at radius 2 is 1.82 bits per heavy atom. The number of halogens is 1. The molecule has 3 aromatic rings. The predicted molar refractivity (Wildman–Crippen MR) is 148 cm³/mol. The van der Waals surface area contributed by atoms with E-state index in [1.165, 1.54) is 6.21 Å². The van der Waals surface area contributed by atoms with Crippen LogP contribution in [0, 0.1) is 5.92 Å². The molecule has 1 atom stereocenters. The fourth-order valence-corrected chi connectivity index (χ4v) is 3.99. The maximum atomic E-state index is 12.9. The number of nitrogens with one attached hydrogen (secondary N) is 2. The highest BCUT2D eigenvalue weighted by Gasteiger charge is 2.25. The summed E-state index contributed by atoms with van der Waals surface area (Å²) in [5.41, 5.74) is 4.43. The van der Waals surface area contributed by atoms with Crippen LogP contribution in [-0.4, -0.2) is 37.5 Å². The molecule has 39 heavy (non-hydrogen) atoms. The molecule has 0 aliphatic carbocycles. The quantitative estimate of drug-likeness (QED) is 0.258. The van der Waals surface area contributed by atoms with Gasteiger partial charge in [0.2, 0.25) is 6.79 Å². The van der Waals surface area contributed by atoms with Crippen molar-refractivity contribution in [3.8, 4) is 23.0 Å². The van der Waals surface area contributed by atoms with Crippen molar-refractivity contribution in [3.05, 3.63) is 82.4 Å². The van der Waals surface area contributed by atoms with E-state index in [-0.39, 0.29) is 19.3 Å². The van der Waals surface area contributed by atoms with Gasteiger partial charge in [-0.3, -0.25) is 9.59 Å². The molecule has 1 unspecified atom stereocenters. The van der Waals surface area contributed by atoms with Gasteiger partial charge in [-0.15, -0.1) is 0 Å². The van der Waals surface area contributed by atoms with Crippen LogP contribution in [0.25, 0.3) is 0 Å². The number of hydrogen-bond acceptors (Lipinski definition) is 7. The molecule has 0 radical (unpaired) electrons. The molecular formula is C29H30ClN3O6. The normalized spacial score (nSPS) is 12.8. The minimum atomic E-state index is -0.806. The first kappa shape index (κ1) is 27.8. The van der Waals surface area contributed by atoms with Crippen LogP contribution < -0.4 is 29.7 Å². The second-order valence-electron chi connectivity index (χ2n) is 9.02. The van der Waals surface area contributed by atoms with Crippen LogP contribution in [-0.2, 0) is 11.4 Å². The van der Waals surface area contributed by atoms with Crippen LogP contribution in [0.4, 0.5) is 0 Å². The summed E-state index contributed by atoms with van der Waals surface area (Å²) in [4.78, 5) is 25.7. The molecule has 0 fully saturated rings. The molecular weight excluding hydrogens is 522 g/mol. The molecule has 0 bridgehead atoms. The van der Waals surface area contributed by atoms with E-state index in [2.05, 4.69) is 15.8 Å². The van der Waals surface area contributed by atoms with Crippen LogP contribution in [0.15, 0.2) is 65.8 Å². The summed E-state index contributed by atoms with van der Waals surface area (Å²) in [6.45, 7) is 6.40. The Hall–Kier alpha value is -4.24. The lowest BCUT2D eigenvalue weighted by Gasteiger charge is -2.20. The zero-order valence-electron chi connectivity index (χ0n) is 21.9. The maximum absolute atomic E-state index is 12.9. The van der Waals surface area contributed by atoms with E-state index in [9.17, 15) is 9.59 Å². The Labute approximate surface area is 232 Å². The van der Waals surface area contributed by atoms with Crippen LogP contribution in [0.1, 0.15) is 42.3 Å². The third-order valence-corrected chi connectivity index (χ3v) is 6.24. The van der Waals surface area contributed by atoms with Crippen molar-refractivity contribution in [3.63, 3.8) is 0 Å². The van der Waals surface area contributed by atoms with Gasteiger partial charge in [0.15, 0.2) is 23.0 Å². The topological polar surface area (TPSA) is 107 Å². The number of carbonyl (C=O) groups excluding carboxylic acids is 2. The highest BCUT2D eigenvalue weighted by Crippen LogP contribution is 2.32. The number of amides is 2. The van der Waals surface area contributed by atoms with Gasteiger partial charge in [0.25, 0.3) is 11.8 Å². The first-order valence-corrected chi connectivity index (χ1v) is 12.9. The van der Waals surface area contributed by atoms with E-state index < -0.39 is 17.9 Å². The summed E-state index contributed by atoms with van der Waals surface area (Å²) in [5, 5.41) is 7.48. The van der Waals surface area contributed by atoms with Gasteiger partial charge in [0.1, 0.15) is 12.6 Å². The fourth-order valence-electron chi connectivity index (χ4n) is 3.80. The zero-order valence-corrected chi connectivity index (χ0v) is 22.7. The molecule has 0 saturated carbocycles. The number of carbonyl (C=O) groups is 2. The first-order valence-electron chi connectivity index (χ1n) is 12.5. The molecule has 0 saturated heterocycles. The number of benzene rings is 3. The SMILES string of the molecule is CCOc1cc(/C=N/NC(=O)C(NC(=O)c2ccc3c(c2)OCO3)C(C)C)ccc1OCc1ccccc1Cl. The summed E-state index contributed by atoms with van der Waals surface area (Å²) in [5.74, 6) is 1.13. The number of hydrogen-bond donors (Lipinski definition) is 2. The monoisotopic (exact) mass is 551 g/mol. The Morgan fingerprint density at radius 3 is 2.59 bits per heavy atom.